The molecule has 1 aromatic carbocycles. The number of nitrogens with zero attached hydrogens (tertiary/aromatic N) is 2. The summed E-state index contributed by atoms with van der Waals surface area (Å²) in [4.78, 5) is 11.9. The minimum absolute atomic E-state index is 0.190. The molecule has 0 radical (unpaired) electrons. The van der Waals surface area contributed by atoms with E-state index < -0.39 is 5.91 Å². The number of carbonyl (C=O) groups excluding carboxylic acids is 1. The summed E-state index contributed by atoms with van der Waals surface area (Å²) in [6.07, 6.45) is 0. The smallest absolute Gasteiger partial charge is 0.276 e. The summed E-state index contributed by atoms with van der Waals surface area (Å²) in [7, 11) is 1.72. The number of hydrogen-bond acceptors (Lipinski definition) is 4. The van der Waals surface area contributed by atoms with E-state index in [1.165, 1.54) is 0 Å². The van der Waals surface area contributed by atoms with Crippen LogP contribution in [0, 0.1) is 0 Å². The predicted molar refractivity (Wildman–Crippen MR) is 76.0 cm³/mol. The van der Waals surface area contributed by atoms with Gasteiger partial charge in [-0.2, -0.15) is 0 Å². The number of amides is 1. The minimum Gasteiger partial charge on any atom is -0.372 e. The van der Waals surface area contributed by atoms with Crippen LogP contribution in [0.5, 0.6) is 0 Å². The maximum atomic E-state index is 11.9. The number of halogens is 2. The van der Waals surface area contributed by atoms with Crippen molar-refractivity contribution < 1.29 is 4.79 Å². The molecule has 1 amide bonds. The molecule has 98 valence electrons. The van der Waals surface area contributed by atoms with E-state index in [1.807, 2.05) is 0 Å². The van der Waals surface area contributed by atoms with Crippen molar-refractivity contribution in [3.05, 3.63) is 46.1 Å². The van der Waals surface area contributed by atoms with Crippen LogP contribution in [0.25, 0.3) is 0 Å². The van der Waals surface area contributed by atoms with Gasteiger partial charge in [0.15, 0.2) is 5.69 Å². The Morgan fingerprint density at radius 3 is 2.58 bits per heavy atom. The molecule has 0 spiro atoms. The Morgan fingerprint density at radius 2 is 1.95 bits per heavy atom. The summed E-state index contributed by atoms with van der Waals surface area (Å²) in [6.45, 7) is 0. The Balaban J connectivity index is 2.18. The van der Waals surface area contributed by atoms with E-state index in [4.69, 9.17) is 23.2 Å². The van der Waals surface area contributed by atoms with Gasteiger partial charge in [0.25, 0.3) is 5.91 Å². The van der Waals surface area contributed by atoms with E-state index in [0.29, 0.717) is 16.5 Å². The highest BCUT2D eigenvalue weighted by Crippen LogP contribution is 2.29. The first-order chi connectivity index (χ1) is 9.11. The number of rotatable bonds is 3. The highest BCUT2D eigenvalue weighted by Gasteiger charge is 2.11. The van der Waals surface area contributed by atoms with Crippen molar-refractivity contribution in [3.8, 4) is 0 Å². The zero-order valence-electron chi connectivity index (χ0n) is 9.95. The van der Waals surface area contributed by atoms with Crippen LogP contribution in [0.4, 0.5) is 11.5 Å². The normalized spacial score (nSPS) is 10.1. The molecule has 5 nitrogen and oxygen atoms in total. The highest BCUT2D eigenvalue weighted by molar-refractivity contribution is 6.44. The van der Waals surface area contributed by atoms with Gasteiger partial charge in [0, 0.05) is 7.05 Å². The molecule has 0 bridgehead atoms. The molecule has 7 heteroatoms. The van der Waals surface area contributed by atoms with Crippen LogP contribution in [-0.4, -0.2) is 23.2 Å². The van der Waals surface area contributed by atoms with Crippen LogP contribution in [0.2, 0.25) is 10.0 Å². The largest absolute Gasteiger partial charge is 0.372 e. The quantitative estimate of drug-likeness (QED) is 0.913. The van der Waals surface area contributed by atoms with Gasteiger partial charge in [0.1, 0.15) is 5.82 Å². The first-order valence-electron chi connectivity index (χ1n) is 5.38. The van der Waals surface area contributed by atoms with Gasteiger partial charge in [-0.15, -0.1) is 10.2 Å². The topological polar surface area (TPSA) is 66.9 Å². The Hall–Kier alpha value is -1.85. The summed E-state index contributed by atoms with van der Waals surface area (Å²) in [5.41, 5.74) is 0.619. The predicted octanol–water partition coefficient (Wildman–Crippen LogP) is 3.08. The van der Waals surface area contributed by atoms with E-state index in [-0.39, 0.29) is 10.7 Å². The molecule has 19 heavy (non-hydrogen) atoms. The van der Waals surface area contributed by atoms with Gasteiger partial charge < -0.3 is 10.6 Å². The van der Waals surface area contributed by atoms with Gasteiger partial charge in [-0.1, -0.05) is 29.3 Å². The van der Waals surface area contributed by atoms with E-state index in [9.17, 15) is 4.79 Å². The monoisotopic (exact) mass is 296 g/mol. The average molecular weight is 297 g/mol. The van der Waals surface area contributed by atoms with Crippen molar-refractivity contribution in [3.63, 3.8) is 0 Å². The van der Waals surface area contributed by atoms with Crippen LogP contribution in [0.1, 0.15) is 10.5 Å². The lowest BCUT2D eigenvalue weighted by Gasteiger charge is -2.07. The van der Waals surface area contributed by atoms with E-state index in [1.54, 1.807) is 37.4 Å². The Bertz CT molecular complexity index is 601. The molecule has 1 aromatic heterocycles. The highest BCUT2D eigenvalue weighted by atomic mass is 35.5. The second-order valence-corrected chi connectivity index (χ2v) is 4.39. The minimum atomic E-state index is -0.403. The average Bonchev–Trinajstić information content (AvgIpc) is 2.44. The Morgan fingerprint density at radius 1 is 1.16 bits per heavy atom. The fraction of sp³-hybridized carbons (Fsp3) is 0.0833. The fourth-order valence-electron chi connectivity index (χ4n) is 1.37. The van der Waals surface area contributed by atoms with Gasteiger partial charge in [-0.25, -0.2) is 0 Å². The molecule has 0 unspecified atom stereocenters. The number of benzene rings is 1. The number of anilines is 2. The summed E-state index contributed by atoms with van der Waals surface area (Å²) >= 11 is 11.8. The summed E-state index contributed by atoms with van der Waals surface area (Å²) < 4.78 is 0. The van der Waals surface area contributed by atoms with Crippen molar-refractivity contribution in [1.82, 2.24) is 10.2 Å². The van der Waals surface area contributed by atoms with E-state index in [0.717, 1.165) is 0 Å². The van der Waals surface area contributed by atoms with Crippen LogP contribution < -0.4 is 10.6 Å². The van der Waals surface area contributed by atoms with Crippen molar-refractivity contribution in [2.24, 2.45) is 0 Å². The van der Waals surface area contributed by atoms with E-state index in [2.05, 4.69) is 20.8 Å². The molecule has 0 saturated carbocycles. The molecule has 0 aliphatic rings. The zero-order chi connectivity index (χ0) is 13.8. The fourth-order valence-corrected chi connectivity index (χ4v) is 1.72. The standard InChI is InChI=1S/C12H10Cl2N4O/c1-15-10-6-5-9(17-18-10)12(19)16-8-4-2-3-7(13)11(8)14/h2-6H,1H3,(H,15,18)(H,16,19). The molecule has 0 atom stereocenters. The second kappa shape index (κ2) is 5.86. The molecule has 1 heterocycles. The van der Waals surface area contributed by atoms with Gasteiger partial charge in [0.05, 0.1) is 15.7 Å². The van der Waals surface area contributed by atoms with Gasteiger partial charge >= 0.3 is 0 Å². The van der Waals surface area contributed by atoms with Crippen molar-refractivity contribution in [2.75, 3.05) is 17.7 Å². The number of aromatic nitrogens is 2. The Kier molecular flexibility index (Phi) is 4.19. The molecule has 2 rings (SSSR count). The number of nitrogens with one attached hydrogen (secondary N) is 2. The Labute approximate surface area is 119 Å². The summed E-state index contributed by atoms with van der Waals surface area (Å²) in [5.74, 6) is 0.177. The molecule has 0 aliphatic carbocycles. The zero-order valence-corrected chi connectivity index (χ0v) is 11.5. The molecular weight excluding hydrogens is 287 g/mol. The maximum absolute atomic E-state index is 11.9. The molecule has 0 fully saturated rings. The number of carbonyl (C=O) groups is 1. The summed E-state index contributed by atoms with van der Waals surface area (Å²) in [6, 6.07) is 8.20. The SMILES string of the molecule is CNc1ccc(C(=O)Nc2cccc(Cl)c2Cl)nn1. The first kappa shape index (κ1) is 13.6. The van der Waals surface area contributed by atoms with Crippen molar-refractivity contribution >= 4 is 40.6 Å². The van der Waals surface area contributed by atoms with Gasteiger partial charge in [0.2, 0.25) is 0 Å². The molecule has 0 saturated heterocycles. The third-order valence-corrected chi connectivity index (χ3v) is 3.17. The third kappa shape index (κ3) is 3.13. The molecular formula is C12H10Cl2N4O. The summed E-state index contributed by atoms with van der Waals surface area (Å²) in [5, 5.41) is 13.7. The third-order valence-electron chi connectivity index (χ3n) is 2.35. The molecule has 0 aliphatic heterocycles. The lowest BCUT2D eigenvalue weighted by molar-refractivity contribution is 0.102. The van der Waals surface area contributed by atoms with Crippen LogP contribution >= 0.6 is 23.2 Å². The number of hydrogen-bond donors (Lipinski definition) is 2. The van der Waals surface area contributed by atoms with Gasteiger partial charge in [-0.05, 0) is 24.3 Å². The lowest BCUT2D eigenvalue weighted by atomic mass is 10.3. The van der Waals surface area contributed by atoms with Crippen LogP contribution in [0.3, 0.4) is 0 Å². The molecule has 2 N–H and O–H groups in total. The van der Waals surface area contributed by atoms with E-state index >= 15 is 0 Å². The second-order valence-electron chi connectivity index (χ2n) is 3.61. The van der Waals surface area contributed by atoms with Crippen LogP contribution in [-0.2, 0) is 0 Å². The molecule has 2 aromatic rings. The van der Waals surface area contributed by atoms with Crippen LogP contribution in [0.15, 0.2) is 30.3 Å². The van der Waals surface area contributed by atoms with Crippen molar-refractivity contribution in [1.29, 1.82) is 0 Å². The first-order valence-corrected chi connectivity index (χ1v) is 6.14. The maximum Gasteiger partial charge on any atom is 0.276 e. The van der Waals surface area contributed by atoms with Crippen molar-refractivity contribution in [2.45, 2.75) is 0 Å². The van der Waals surface area contributed by atoms with Gasteiger partial charge in [-0.3, -0.25) is 4.79 Å². The lowest BCUT2D eigenvalue weighted by Crippen LogP contribution is -2.15.